The topological polar surface area (TPSA) is 29.1 Å². The maximum Gasteiger partial charge on any atom is 0.161 e. The molecule has 2 aliphatic rings. The van der Waals surface area contributed by atoms with Gasteiger partial charge in [-0.25, -0.2) is 0 Å². The quantitative estimate of drug-likeness (QED) is 0.849. The van der Waals surface area contributed by atoms with E-state index < -0.39 is 0 Å². The van der Waals surface area contributed by atoms with Crippen molar-refractivity contribution in [3.05, 3.63) is 47.2 Å². The van der Waals surface area contributed by atoms with Crippen LogP contribution in [0.25, 0.3) is 0 Å². The van der Waals surface area contributed by atoms with Gasteiger partial charge in [0, 0.05) is 24.2 Å². The predicted molar refractivity (Wildman–Crippen MR) is 81.2 cm³/mol. The molecule has 2 heteroatoms. The molecule has 2 fully saturated rings. The summed E-state index contributed by atoms with van der Waals surface area (Å²) in [4.78, 5) is 12.1. The van der Waals surface area contributed by atoms with Crippen molar-refractivity contribution in [2.24, 2.45) is 17.3 Å². The van der Waals surface area contributed by atoms with E-state index in [1.807, 2.05) is 6.07 Å². The molecule has 0 radical (unpaired) electrons. The fraction of sp³-hybridized carbons (Fsp3) is 0.500. The Balaban J connectivity index is 1.63. The fourth-order valence-electron chi connectivity index (χ4n) is 3.76. The van der Waals surface area contributed by atoms with Crippen LogP contribution in [0.4, 0.5) is 0 Å². The molecule has 3 rings (SSSR count). The molecule has 20 heavy (non-hydrogen) atoms. The second-order valence-electron chi connectivity index (χ2n) is 6.73. The van der Waals surface area contributed by atoms with E-state index in [4.69, 9.17) is 0 Å². The van der Waals surface area contributed by atoms with Gasteiger partial charge < -0.3 is 5.32 Å². The Morgan fingerprint density at radius 3 is 2.65 bits per heavy atom. The van der Waals surface area contributed by atoms with E-state index in [1.165, 1.54) is 5.56 Å². The van der Waals surface area contributed by atoms with Crippen LogP contribution in [0.5, 0.6) is 0 Å². The number of rotatable bonds is 4. The summed E-state index contributed by atoms with van der Waals surface area (Å²) in [6.45, 7) is 7.53. The van der Waals surface area contributed by atoms with Crippen LogP contribution in [0.1, 0.15) is 32.8 Å². The number of carbonyl (C=O) groups is 1. The normalized spacial score (nSPS) is 29.1. The molecule has 106 valence electrons. The number of allylic oxidation sites excluding steroid dienone is 2. The minimum absolute atomic E-state index is 0.339. The monoisotopic (exact) mass is 269 g/mol. The van der Waals surface area contributed by atoms with Crippen LogP contribution in [0.15, 0.2) is 41.6 Å². The molecule has 2 aliphatic carbocycles. The third-order valence-electron chi connectivity index (χ3n) is 5.12. The van der Waals surface area contributed by atoms with E-state index in [0.717, 1.165) is 30.7 Å². The molecule has 0 aromatic heterocycles. The molecule has 0 saturated heterocycles. The van der Waals surface area contributed by atoms with Gasteiger partial charge in [0.25, 0.3) is 0 Å². The molecule has 0 heterocycles. The van der Waals surface area contributed by atoms with Gasteiger partial charge in [-0.3, -0.25) is 4.79 Å². The maximum absolute atomic E-state index is 12.1. The van der Waals surface area contributed by atoms with Gasteiger partial charge in [-0.1, -0.05) is 44.2 Å². The Morgan fingerprint density at radius 2 is 2.00 bits per heavy atom. The minimum atomic E-state index is 0.339. The van der Waals surface area contributed by atoms with E-state index in [-0.39, 0.29) is 0 Å². The number of carbonyl (C=O) groups excluding carboxylic acids is 1. The molecular formula is C18H23NO. The summed E-state index contributed by atoms with van der Waals surface area (Å²) in [5, 5.41) is 3.46. The lowest BCUT2D eigenvalue weighted by atomic mass is 9.95. The zero-order valence-corrected chi connectivity index (χ0v) is 12.6. The molecule has 2 atom stereocenters. The second-order valence-corrected chi connectivity index (χ2v) is 6.73. The van der Waals surface area contributed by atoms with Crippen molar-refractivity contribution in [2.75, 3.05) is 6.54 Å². The first-order valence-corrected chi connectivity index (χ1v) is 7.53. The molecule has 0 spiro atoms. The lowest BCUT2D eigenvalue weighted by Crippen LogP contribution is -2.20. The highest BCUT2D eigenvalue weighted by Gasteiger charge is 2.65. The Morgan fingerprint density at radius 1 is 1.30 bits per heavy atom. The molecule has 2 saturated carbocycles. The van der Waals surface area contributed by atoms with Gasteiger partial charge >= 0.3 is 0 Å². The van der Waals surface area contributed by atoms with Crippen LogP contribution in [0.3, 0.4) is 0 Å². The molecule has 0 bridgehead atoms. The van der Waals surface area contributed by atoms with Crippen molar-refractivity contribution < 1.29 is 4.79 Å². The lowest BCUT2D eigenvalue weighted by molar-refractivity contribution is -0.115. The van der Waals surface area contributed by atoms with Crippen molar-refractivity contribution in [1.29, 1.82) is 0 Å². The Bertz CT molecular complexity index is 556. The summed E-state index contributed by atoms with van der Waals surface area (Å²) in [6.07, 6.45) is 1.75. The Kier molecular flexibility index (Phi) is 3.19. The van der Waals surface area contributed by atoms with E-state index in [0.29, 0.717) is 23.0 Å². The van der Waals surface area contributed by atoms with Gasteiger partial charge in [-0.05, 0) is 36.2 Å². The van der Waals surface area contributed by atoms with E-state index in [1.54, 1.807) is 0 Å². The minimum Gasteiger partial charge on any atom is -0.388 e. The fourth-order valence-corrected chi connectivity index (χ4v) is 3.76. The number of benzene rings is 1. The summed E-state index contributed by atoms with van der Waals surface area (Å²) in [5.74, 6) is 1.46. The summed E-state index contributed by atoms with van der Waals surface area (Å²) in [5.41, 5.74) is 3.85. The van der Waals surface area contributed by atoms with Gasteiger partial charge in [0.15, 0.2) is 5.78 Å². The number of nitrogens with one attached hydrogen (secondary N) is 1. The Hall–Kier alpha value is -1.57. The number of fused-ring (bicyclic) bond motifs is 1. The van der Waals surface area contributed by atoms with Crippen LogP contribution in [0, 0.1) is 17.3 Å². The summed E-state index contributed by atoms with van der Waals surface area (Å²) in [7, 11) is 0. The van der Waals surface area contributed by atoms with E-state index in [2.05, 4.69) is 50.4 Å². The van der Waals surface area contributed by atoms with Crippen molar-refractivity contribution in [3.63, 3.8) is 0 Å². The van der Waals surface area contributed by atoms with E-state index >= 15 is 0 Å². The highest BCUT2D eigenvalue weighted by Crippen LogP contribution is 2.68. The average molecular weight is 269 g/mol. The number of ketones is 1. The number of hydrogen-bond acceptors (Lipinski definition) is 2. The van der Waals surface area contributed by atoms with Crippen LogP contribution >= 0.6 is 0 Å². The molecule has 0 amide bonds. The van der Waals surface area contributed by atoms with Gasteiger partial charge in [0.05, 0.1) is 0 Å². The van der Waals surface area contributed by atoms with Crippen molar-refractivity contribution >= 4 is 5.78 Å². The smallest absolute Gasteiger partial charge is 0.161 e. The first kappa shape index (κ1) is 13.4. The molecule has 1 aromatic rings. The van der Waals surface area contributed by atoms with Crippen molar-refractivity contribution in [2.45, 2.75) is 33.6 Å². The summed E-state index contributed by atoms with van der Waals surface area (Å²) < 4.78 is 0. The van der Waals surface area contributed by atoms with Crippen LogP contribution in [0.2, 0.25) is 0 Å². The largest absolute Gasteiger partial charge is 0.388 e. The van der Waals surface area contributed by atoms with Crippen molar-refractivity contribution in [1.82, 2.24) is 5.32 Å². The standard InChI is InChI=1S/C18H23NO/c1-12(19-10-9-13-7-5-4-6-8-13)16-15(20)11-14-17(16)18(14,2)3/h4-8,14,17,19H,9-11H2,1-3H3. The van der Waals surface area contributed by atoms with Crippen LogP contribution in [-0.2, 0) is 11.2 Å². The highest BCUT2D eigenvalue weighted by atomic mass is 16.1. The molecule has 2 nitrogen and oxygen atoms in total. The van der Waals surface area contributed by atoms with Crippen LogP contribution < -0.4 is 5.32 Å². The zero-order chi connectivity index (χ0) is 14.3. The third-order valence-corrected chi connectivity index (χ3v) is 5.12. The first-order valence-electron chi connectivity index (χ1n) is 7.53. The number of hydrogen-bond donors (Lipinski definition) is 1. The first-order chi connectivity index (χ1) is 9.51. The van der Waals surface area contributed by atoms with Gasteiger partial charge in [-0.2, -0.15) is 0 Å². The lowest BCUT2D eigenvalue weighted by Gasteiger charge is -2.14. The van der Waals surface area contributed by atoms with Gasteiger partial charge in [0.1, 0.15) is 0 Å². The maximum atomic E-state index is 12.1. The third kappa shape index (κ3) is 2.17. The summed E-state index contributed by atoms with van der Waals surface area (Å²) in [6, 6.07) is 10.5. The SMILES string of the molecule is CC(NCCc1ccccc1)=C1C(=O)CC2C1C2(C)C. The second kappa shape index (κ2) is 4.76. The average Bonchev–Trinajstić information content (AvgIpc) is 2.79. The van der Waals surface area contributed by atoms with Crippen molar-refractivity contribution in [3.8, 4) is 0 Å². The molecule has 1 N–H and O–H groups in total. The number of Topliss-reactive ketones (excluding diaryl/α,β-unsaturated/α-hetero) is 1. The zero-order valence-electron chi connectivity index (χ0n) is 12.6. The van der Waals surface area contributed by atoms with Gasteiger partial charge in [0.2, 0.25) is 0 Å². The predicted octanol–water partition coefficient (Wildman–Crippen LogP) is 3.34. The molecule has 0 aliphatic heterocycles. The highest BCUT2D eigenvalue weighted by molar-refractivity contribution is 6.01. The van der Waals surface area contributed by atoms with E-state index in [9.17, 15) is 4.79 Å². The Labute approximate surface area is 121 Å². The molecule has 2 unspecified atom stereocenters. The van der Waals surface area contributed by atoms with Gasteiger partial charge in [-0.15, -0.1) is 0 Å². The molecule has 1 aromatic carbocycles. The summed E-state index contributed by atoms with van der Waals surface area (Å²) >= 11 is 0. The molecular weight excluding hydrogens is 246 g/mol. The van der Waals surface area contributed by atoms with Crippen LogP contribution in [-0.4, -0.2) is 12.3 Å².